The van der Waals surface area contributed by atoms with Gasteiger partial charge in [-0.1, -0.05) is 0 Å². The van der Waals surface area contributed by atoms with E-state index in [1.807, 2.05) is 11.8 Å². The average molecular weight is 229 g/mol. The van der Waals surface area contributed by atoms with E-state index in [9.17, 15) is 0 Å². The highest BCUT2D eigenvalue weighted by atomic mass is 32.2. The Kier molecular flexibility index (Phi) is 4.77. The smallest absolute Gasteiger partial charge is 0.188 e. The van der Waals surface area contributed by atoms with Gasteiger partial charge in [0.2, 0.25) is 0 Å². The Hall–Kier alpha value is -0.380. The molecule has 1 aliphatic rings. The summed E-state index contributed by atoms with van der Waals surface area (Å²) in [6.45, 7) is 7.14. The molecule has 1 atom stereocenters. The second-order valence-corrected chi connectivity index (χ2v) is 6.33. The van der Waals surface area contributed by atoms with Gasteiger partial charge in [-0.3, -0.25) is 4.99 Å². The number of rotatable bonds is 2. The molecule has 0 aliphatic carbocycles. The minimum atomic E-state index is 0.00883. The van der Waals surface area contributed by atoms with Crippen LogP contribution in [0, 0.1) is 5.92 Å². The van der Waals surface area contributed by atoms with Crippen molar-refractivity contribution in [2.75, 3.05) is 18.1 Å². The molecule has 0 radical (unpaired) electrons. The van der Waals surface area contributed by atoms with E-state index in [2.05, 4.69) is 31.1 Å². The van der Waals surface area contributed by atoms with E-state index in [4.69, 9.17) is 5.73 Å². The van der Waals surface area contributed by atoms with Crippen LogP contribution >= 0.6 is 11.8 Å². The highest BCUT2D eigenvalue weighted by Crippen LogP contribution is 2.22. The molecule has 1 saturated heterocycles. The monoisotopic (exact) mass is 229 g/mol. The zero-order valence-corrected chi connectivity index (χ0v) is 10.9. The van der Waals surface area contributed by atoms with Crippen LogP contribution in [0.15, 0.2) is 4.99 Å². The van der Waals surface area contributed by atoms with Gasteiger partial charge in [0.1, 0.15) is 0 Å². The number of hydrogen-bond acceptors (Lipinski definition) is 2. The van der Waals surface area contributed by atoms with Crippen LogP contribution < -0.4 is 11.1 Å². The lowest BCUT2D eigenvalue weighted by atomic mass is 10.1. The summed E-state index contributed by atoms with van der Waals surface area (Å²) < 4.78 is 0. The zero-order valence-electron chi connectivity index (χ0n) is 10.0. The van der Waals surface area contributed by atoms with Crippen LogP contribution in [0.2, 0.25) is 0 Å². The number of nitrogens with two attached hydrogens (primary N) is 1. The van der Waals surface area contributed by atoms with Gasteiger partial charge in [0, 0.05) is 12.1 Å². The lowest BCUT2D eigenvalue weighted by Crippen LogP contribution is -2.45. The lowest BCUT2D eigenvalue weighted by molar-refractivity contribution is 0.501. The molecule has 0 amide bonds. The van der Waals surface area contributed by atoms with Crippen molar-refractivity contribution in [1.29, 1.82) is 0 Å². The number of guanidine groups is 1. The molecule has 1 aliphatic heterocycles. The molecule has 0 aromatic rings. The molecule has 3 N–H and O–H groups in total. The zero-order chi connectivity index (χ0) is 11.3. The molecule has 15 heavy (non-hydrogen) atoms. The van der Waals surface area contributed by atoms with Crippen molar-refractivity contribution in [3.8, 4) is 0 Å². The minimum absolute atomic E-state index is 0.00883. The van der Waals surface area contributed by atoms with Crippen LogP contribution in [-0.2, 0) is 0 Å². The maximum Gasteiger partial charge on any atom is 0.188 e. The van der Waals surface area contributed by atoms with Crippen molar-refractivity contribution in [3.05, 3.63) is 0 Å². The molecule has 4 heteroatoms. The molecule has 0 bridgehead atoms. The van der Waals surface area contributed by atoms with E-state index < -0.39 is 0 Å². The van der Waals surface area contributed by atoms with Gasteiger partial charge in [0.05, 0.1) is 0 Å². The molecule has 0 aromatic carbocycles. The predicted octanol–water partition coefficient (Wildman–Crippen LogP) is 1.83. The Balaban J connectivity index is 2.29. The molecule has 0 saturated carbocycles. The molecule has 1 rings (SSSR count). The van der Waals surface area contributed by atoms with Crippen LogP contribution in [0.3, 0.4) is 0 Å². The highest BCUT2D eigenvalue weighted by molar-refractivity contribution is 7.99. The maximum atomic E-state index is 5.81. The summed E-state index contributed by atoms with van der Waals surface area (Å²) in [6.07, 6.45) is 2.64. The first-order chi connectivity index (χ1) is 6.97. The number of thioether (sulfide) groups is 1. The summed E-state index contributed by atoms with van der Waals surface area (Å²) in [5.41, 5.74) is 5.82. The van der Waals surface area contributed by atoms with Gasteiger partial charge in [-0.05, 0) is 51.0 Å². The standard InChI is InChI=1S/C11H23N3S/c1-11(2,3)14-10(12)13-7-9-5-4-6-15-8-9/h9H,4-8H2,1-3H3,(H3,12,13,14). The number of nitrogens with zero attached hydrogens (tertiary/aromatic N) is 1. The Bertz CT molecular complexity index is 214. The summed E-state index contributed by atoms with van der Waals surface area (Å²) in [5.74, 6) is 3.87. The van der Waals surface area contributed by atoms with Crippen LogP contribution in [0.1, 0.15) is 33.6 Å². The molecule has 88 valence electrons. The van der Waals surface area contributed by atoms with Crippen molar-refractivity contribution >= 4 is 17.7 Å². The molecule has 1 unspecified atom stereocenters. The number of hydrogen-bond donors (Lipinski definition) is 2. The quantitative estimate of drug-likeness (QED) is 0.561. The van der Waals surface area contributed by atoms with Gasteiger partial charge in [0.25, 0.3) is 0 Å². The first-order valence-corrected chi connectivity index (χ1v) is 6.79. The van der Waals surface area contributed by atoms with E-state index in [1.54, 1.807) is 0 Å². The molecule has 0 aromatic heterocycles. The van der Waals surface area contributed by atoms with Gasteiger partial charge in [-0.25, -0.2) is 0 Å². The van der Waals surface area contributed by atoms with Crippen molar-refractivity contribution in [1.82, 2.24) is 5.32 Å². The second kappa shape index (κ2) is 5.64. The van der Waals surface area contributed by atoms with Crippen molar-refractivity contribution in [2.24, 2.45) is 16.6 Å². The predicted molar refractivity (Wildman–Crippen MR) is 69.4 cm³/mol. The van der Waals surface area contributed by atoms with Crippen LogP contribution in [0.4, 0.5) is 0 Å². The van der Waals surface area contributed by atoms with E-state index >= 15 is 0 Å². The summed E-state index contributed by atoms with van der Waals surface area (Å²) in [6, 6.07) is 0. The van der Waals surface area contributed by atoms with E-state index in [1.165, 1.54) is 24.3 Å². The van der Waals surface area contributed by atoms with Gasteiger partial charge < -0.3 is 11.1 Å². The largest absolute Gasteiger partial charge is 0.370 e. The topological polar surface area (TPSA) is 50.4 Å². The first-order valence-electron chi connectivity index (χ1n) is 5.63. The lowest BCUT2D eigenvalue weighted by Gasteiger charge is -2.22. The third-order valence-electron chi connectivity index (χ3n) is 2.28. The molecule has 3 nitrogen and oxygen atoms in total. The van der Waals surface area contributed by atoms with Crippen LogP contribution in [-0.4, -0.2) is 29.5 Å². The third kappa shape index (κ3) is 5.92. The summed E-state index contributed by atoms with van der Waals surface area (Å²) in [4.78, 5) is 4.40. The second-order valence-electron chi connectivity index (χ2n) is 5.18. The van der Waals surface area contributed by atoms with Gasteiger partial charge in [0.15, 0.2) is 5.96 Å². The summed E-state index contributed by atoms with van der Waals surface area (Å²) in [5, 5.41) is 3.18. The number of aliphatic imine (C=N–C) groups is 1. The average Bonchev–Trinajstić information content (AvgIpc) is 2.14. The third-order valence-corrected chi connectivity index (χ3v) is 3.56. The first kappa shape index (κ1) is 12.7. The minimum Gasteiger partial charge on any atom is -0.370 e. The normalized spacial score (nSPS) is 23.9. The van der Waals surface area contributed by atoms with Crippen molar-refractivity contribution in [3.63, 3.8) is 0 Å². The summed E-state index contributed by atoms with van der Waals surface area (Å²) >= 11 is 2.04. The Morgan fingerprint density at radius 3 is 2.80 bits per heavy atom. The van der Waals surface area contributed by atoms with E-state index in [-0.39, 0.29) is 5.54 Å². The molecule has 1 heterocycles. The fourth-order valence-corrected chi connectivity index (χ4v) is 2.75. The molecule has 0 spiro atoms. The highest BCUT2D eigenvalue weighted by Gasteiger charge is 2.14. The SMILES string of the molecule is CC(C)(C)NC(N)=NCC1CCCSC1. The maximum absolute atomic E-state index is 5.81. The van der Waals surface area contributed by atoms with Crippen molar-refractivity contribution < 1.29 is 0 Å². The van der Waals surface area contributed by atoms with Crippen molar-refractivity contribution in [2.45, 2.75) is 39.2 Å². The molecular formula is C11H23N3S. The summed E-state index contributed by atoms with van der Waals surface area (Å²) in [7, 11) is 0. The number of nitrogens with one attached hydrogen (secondary N) is 1. The van der Waals surface area contributed by atoms with Gasteiger partial charge >= 0.3 is 0 Å². The fraction of sp³-hybridized carbons (Fsp3) is 0.909. The van der Waals surface area contributed by atoms with Gasteiger partial charge in [-0.2, -0.15) is 11.8 Å². The van der Waals surface area contributed by atoms with Gasteiger partial charge in [-0.15, -0.1) is 0 Å². The molecular weight excluding hydrogens is 206 g/mol. The Labute approximate surface area is 97.3 Å². The van der Waals surface area contributed by atoms with Crippen LogP contribution in [0.25, 0.3) is 0 Å². The van der Waals surface area contributed by atoms with E-state index in [0.717, 1.165) is 12.5 Å². The Morgan fingerprint density at radius 1 is 1.53 bits per heavy atom. The van der Waals surface area contributed by atoms with Crippen LogP contribution in [0.5, 0.6) is 0 Å². The Morgan fingerprint density at radius 2 is 2.27 bits per heavy atom. The fourth-order valence-electron chi connectivity index (χ4n) is 1.60. The van der Waals surface area contributed by atoms with E-state index in [0.29, 0.717) is 5.96 Å². The molecule has 1 fully saturated rings.